The minimum atomic E-state index is 0.485. The van der Waals surface area contributed by atoms with Crippen LogP contribution in [0.2, 0.25) is 5.02 Å². The van der Waals surface area contributed by atoms with Gasteiger partial charge in [0.1, 0.15) is 5.82 Å². The van der Waals surface area contributed by atoms with E-state index in [9.17, 15) is 0 Å². The van der Waals surface area contributed by atoms with E-state index >= 15 is 0 Å². The number of hydrogen-bond donors (Lipinski definition) is 3. The Morgan fingerprint density at radius 2 is 1.75 bits per heavy atom. The average molecular weight is 405 g/mol. The number of benzene rings is 2. The van der Waals surface area contributed by atoms with E-state index < -0.39 is 0 Å². The fraction of sp³-hybridized carbons (Fsp3) is 0.0588. The van der Waals surface area contributed by atoms with Gasteiger partial charge in [0.05, 0.1) is 4.47 Å². The van der Waals surface area contributed by atoms with E-state index in [2.05, 4.69) is 36.5 Å². The summed E-state index contributed by atoms with van der Waals surface area (Å²) >= 11 is 9.35. The van der Waals surface area contributed by atoms with E-state index in [0.717, 1.165) is 27.1 Å². The maximum atomic E-state index is 5.90. The first-order valence-corrected chi connectivity index (χ1v) is 8.36. The highest BCUT2D eigenvalue weighted by Gasteiger charge is 2.07. The van der Waals surface area contributed by atoms with Gasteiger partial charge in [0, 0.05) is 28.3 Å². The second kappa shape index (κ2) is 7.07. The molecule has 0 aliphatic rings. The minimum Gasteiger partial charge on any atom is -0.399 e. The predicted molar refractivity (Wildman–Crippen MR) is 103 cm³/mol. The minimum absolute atomic E-state index is 0.485. The molecule has 0 bridgehead atoms. The lowest BCUT2D eigenvalue weighted by atomic mass is 10.2. The number of nitrogens with zero attached hydrogens (tertiary/aromatic N) is 2. The van der Waals surface area contributed by atoms with E-state index in [1.54, 1.807) is 6.20 Å². The molecule has 3 rings (SSSR count). The van der Waals surface area contributed by atoms with Crippen molar-refractivity contribution in [1.82, 2.24) is 9.97 Å². The van der Waals surface area contributed by atoms with Crippen molar-refractivity contribution >= 4 is 56.4 Å². The first-order chi connectivity index (χ1) is 11.5. The van der Waals surface area contributed by atoms with Gasteiger partial charge in [-0.1, -0.05) is 11.6 Å². The largest absolute Gasteiger partial charge is 0.399 e. The summed E-state index contributed by atoms with van der Waals surface area (Å²) in [6, 6.07) is 13.1. The second-order valence-electron chi connectivity index (χ2n) is 5.22. The molecule has 1 aromatic heterocycles. The van der Waals surface area contributed by atoms with E-state index in [4.69, 9.17) is 17.3 Å². The predicted octanol–water partition coefficient (Wildman–Crippen LogP) is 5.27. The molecule has 2 aromatic carbocycles. The van der Waals surface area contributed by atoms with Crippen molar-refractivity contribution in [1.29, 1.82) is 0 Å². The standard InChI is InChI=1S/C17H15BrClN5/c1-10-8-13(6-7-15(10)20)23-17-21-9-14(18)16(24-17)22-12-4-2-11(19)3-5-12/h2-9H,20H2,1H3,(H2,21,22,23,24). The Hall–Kier alpha value is -2.31. The highest BCUT2D eigenvalue weighted by Crippen LogP contribution is 2.26. The van der Waals surface area contributed by atoms with Gasteiger partial charge in [0.15, 0.2) is 0 Å². The van der Waals surface area contributed by atoms with Crippen LogP contribution in [0, 0.1) is 6.92 Å². The third-order valence-corrected chi connectivity index (χ3v) is 4.21. The molecule has 122 valence electrons. The maximum Gasteiger partial charge on any atom is 0.229 e. The van der Waals surface area contributed by atoms with Gasteiger partial charge in [-0.25, -0.2) is 4.98 Å². The third kappa shape index (κ3) is 3.96. The molecule has 0 saturated carbocycles. The molecule has 7 heteroatoms. The fourth-order valence-electron chi connectivity index (χ4n) is 2.07. The lowest BCUT2D eigenvalue weighted by Gasteiger charge is -2.11. The SMILES string of the molecule is Cc1cc(Nc2ncc(Br)c(Nc3ccc(Cl)cc3)n2)ccc1N. The topological polar surface area (TPSA) is 75.9 Å². The summed E-state index contributed by atoms with van der Waals surface area (Å²) < 4.78 is 0.761. The molecule has 24 heavy (non-hydrogen) atoms. The zero-order valence-corrected chi connectivity index (χ0v) is 15.2. The lowest BCUT2D eigenvalue weighted by molar-refractivity contribution is 1.15. The molecular weight excluding hydrogens is 390 g/mol. The van der Waals surface area contributed by atoms with E-state index in [0.29, 0.717) is 16.8 Å². The number of anilines is 5. The van der Waals surface area contributed by atoms with Crippen LogP contribution in [0.4, 0.5) is 28.8 Å². The Morgan fingerprint density at radius 3 is 2.46 bits per heavy atom. The molecule has 0 fully saturated rings. The molecule has 0 radical (unpaired) electrons. The summed E-state index contributed by atoms with van der Waals surface area (Å²) in [5, 5.41) is 7.09. The van der Waals surface area contributed by atoms with Crippen LogP contribution in [-0.4, -0.2) is 9.97 Å². The van der Waals surface area contributed by atoms with Crippen LogP contribution >= 0.6 is 27.5 Å². The molecule has 0 aliphatic heterocycles. The third-order valence-electron chi connectivity index (χ3n) is 3.38. The number of nitrogens with one attached hydrogen (secondary N) is 2. The van der Waals surface area contributed by atoms with Crippen LogP contribution in [0.5, 0.6) is 0 Å². The van der Waals surface area contributed by atoms with Gasteiger partial charge in [-0.15, -0.1) is 0 Å². The van der Waals surface area contributed by atoms with Crippen molar-refractivity contribution < 1.29 is 0 Å². The van der Waals surface area contributed by atoms with E-state index in [1.807, 2.05) is 49.4 Å². The fourth-order valence-corrected chi connectivity index (χ4v) is 2.48. The Morgan fingerprint density at radius 1 is 1.04 bits per heavy atom. The average Bonchev–Trinajstić information content (AvgIpc) is 2.56. The summed E-state index contributed by atoms with van der Waals surface area (Å²) in [7, 11) is 0. The quantitative estimate of drug-likeness (QED) is 0.516. The number of halogens is 2. The van der Waals surface area contributed by atoms with Gasteiger partial charge >= 0.3 is 0 Å². The van der Waals surface area contributed by atoms with Gasteiger partial charge < -0.3 is 16.4 Å². The normalized spacial score (nSPS) is 10.5. The Kier molecular flexibility index (Phi) is 4.87. The summed E-state index contributed by atoms with van der Waals surface area (Å²) in [4.78, 5) is 8.77. The highest BCUT2D eigenvalue weighted by molar-refractivity contribution is 9.10. The van der Waals surface area contributed by atoms with Crippen LogP contribution < -0.4 is 16.4 Å². The Bertz CT molecular complexity index is 867. The number of nitrogens with two attached hydrogens (primary N) is 1. The molecule has 1 heterocycles. The molecular formula is C17H15BrClN5. The van der Waals surface area contributed by atoms with Gasteiger partial charge in [-0.2, -0.15) is 4.98 Å². The van der Waals surface area contributed by atoms with Crippen molar-refractivity contribution in [2.24, 2.45) is 0 Å². The summed E-state index contributed by atoms with van der Waals surface area (Å²) in [6.07, 6.45) is 1.69. The molecule has 5 nitrogen and oxygen atoms in total. The summed E-state index contributed by atoms with van der Waals surface area (Å²) in [6.45, 7) is 1.95. The van der Waals surface area contributed by atoms with Gasteiger partial charge in [0.25, 0.3) is 0 Å². The molecule has 0 aliphatic carbocycles. The summed E-state index contributed by atoms with van der Waals surface area (Å²) in [5.74, 6) is 1.14. The number of aromatic nitrogens is 2. The van der Waals surface area contributed by atoms with Crippen molar-refractivity contribution in [3.63, 3.8) is 0 Å². The zero-order valence-electron chi connectivity index (χ0n) is 12.8. The number of nitrogen functional groups attached to an aromatic ring is 1. The number of hydrogen-bond acceptors (Lipinski definition) is 5. The monoisotopic (exact) mass is 403 g/mol. The van der Waals surface area contributed by atoms with Crippen LogP contribution in [0.25, 0.3) is 0 Å². The van der Waals surface area contributed by atoms with Crippen molar-refractivity contribution in [3.8, 4) is 0 Å². The molecule has 0 spiro atoms. The van der Waals surface area contributed by atoms with Crippen LogP contribution in [0.3, 0.4) is 0 Å². The van der Waals surface area contributed by atoms with Crippen LogP contribution in [0.1, 0.15) is 5.56 Å². The van der Waals surface area contributed by atoms with E-state index in [1.165, 1.54) is 0 Å². The van der Waals surface area contributed by atoms with Crippen molar-refractivity contribution in [2.75, 3.05) is 16.4 Å². The van der Waals surface area contributed by atoms with Gasteiger partial charge in [-0.05, 0) is 70.9 Å². The summed E-state index contributed by atoms with van der Waals surface area (Å²) in [5.41, 5.74) is 9.35. The second-order valence-corrected chi connectivity index (χ2v) is 6.51. The Labute approximate surface area is 153 Å². The van der Waals surface area contributed by atoms with Crippen molar-refractivity contribution in [3.05, 3.63) is 63.7 Å². The van der Waals surface area contributed by atoms with Crippen molar-refractivity contribution in [2.45, 2.75) is 6.92 Å². The molecule has 3 aromatic rings. The molecule has 0 amide bonds. The lowest BCUT2D eigenvalue weighted by Crippen LogP contribution is -2.02. The first kappa shape index (κ1) is 16.5. The van der Waals surface area contributed by atoms with Crippen LogP contribution in [-0.2, 0) is 0 Å². The maximum absolute atomic E-state index is 5.90. The van der Waals surface area contributed by atoms with Gasteiger partial charge in [0.2, 0.25) is 5.95 Å². The highest BCUT2D eigenvalue weighted by atomic mass is 79.9. The van der Waals surface area contributed by atoms with Crippen LogP contribution in [0.15, 0.2) is 53.1 Å². The number of rotatable bonds is 4. The molecule has 0 atom stereocenters. The van der Waals surface area contributed by atoms with Gasteiger partial charge in [-0.3, -0.25) is 0 Å². The molecule has 4 N–H and O–H groups in total. The molecule has 0 unspecified atom stereocenters. The Balaban J connectivity index is 1.82. The zero-order chi connectivity index (χ0) is 17.1. The first-order valence-electron chi connectivity index (χ1n) is 7.19. The number of aryl methyl sites for hydroxylation is 1. The molecule has 0 saturated heterocycles. The smallest absolute Gasteiger partial charge is 0.229 e. The van der Waals surface area contributed by atoms with E-state index in [-0.39, 0.29) is 0 Å².